The molecule has 0 aliphatic carbocycles. The van der Waals surface area contributed by atoms with Crippen LogP contribution in [0.1, 0.15) is 26.3 Å². The smallest absolute Gasteiger partial charge is 0.134 e. The Morgan fingerprint density at radius 3 is 2.12 bits per heavy atom. The number of aromatic nitrogens is 2. The summed E-state index contributed by atoms with van der Waals surface area (Å²) in [6.07, 6.45) is 3.69. The molecule has 0 fully saturated rings. The number of halogens is 1. The number of benzene rings is 4. The Morgan fingerprint density at radius 1 is 0.674 bits per heavy atom. The Morgan fingerprint density at radius 2 is 1.44 bits per heavy atom. The molecule has 7 aromatic rings. The van der Waals surface area contributed by atoms with Gasteiger partial charge in [0.1, 0.15) is 11.4 Å². The molecule has 0 aliphatic heterocycles. The third-order valence-electron chi connectivity index (χ3n) is 7.15. The normalized spacial score (nSPS) is 11.1. The molecule has 5 heteroatoms. The monoisotopic (exact) mass is 741 g/mol. The quantitative estimate of drug-likeness (QED) is 0.169. The molecule has 0 N–H and O–H groups in total. The summed E-state index contributed by atoms with van der Waals surface area (Å²) < 4.78 is 20.9. The molecule has 0 bridgehead atoms. The Bertz CT molecular complexity index is 1950. The minimum absolute atomic E-state index is 0. The molecule has 3 nitrogen and oxygen atoms in total. The van der Waals surface area contributed by atoms with E-state index in [0.717, 1.165) is 38.9 Å². The van der Waals surface area contributed by atoms with Crippen LogP contribution in [0.2, 0.25) is 0 Å². The molecule has 0 unspecified atom stereocenters. The molecule has 0 atom stereocenters. The van der Waals surface area contributed by atoms with Gasteiger partial charge in [-0.1, -0.05) is 86.3 Å². The zero-order chi connectivity index (χ0) is 29.1. The van der Waals surface area contributed by atoms with Crippen LogP contribution in [0.5, 0.6) is 0 Å². The summed E-state index contributed by atoms with van der Waals surface area (Å²) in [5.41, 5.74) is 7.48. The van der Waals surface area contributed by atoms with Gasteiger partial charge >= 0.3 is 0 Å². The number of fused-ring (bicyclic) bond motifs is 3. The van der Waals surface area contributed by atoms with Gasteiger partial charge in [0.05, 0.1) is 11.1 Å². The summed E-state index contributed by atoms with van der Waals surface area (Å²) in [5, 5.41) is 1.81. The fourth-order valence-corrected chi connectivity index (χ4v) is 4.91. The molecule has 43 heavy (non-hydrogen) atoms. The van der Waals surface area contributed by atoms with Crippen molar-refractivity contribution in [2.24, 2.45) is 0 Å². The van der Waals surface area contributed by atoms with E-state index in [1.807, 2.05) is 91.1 Å². The van der Waals surface area contributed by atoms with E-state index in [-0.39, 0.29) is 31.3 Å². The molecule has 4 aromatic carbocycles. The second-order valence-electron chi connectivity index (χ2n) is 11.0. The number of rotatable bonds is 3. The van der Waals surface area contributed by atoms with Gasteiger partial charge in [-0.15, -0.1) is 54.1 Å². The molecule has 0 spiro atoms. The molecule has 3 aromatic heterocycles. The maximum absolute atomic E-state index is 14.7. The van der Waals surface area contributed by atoms with Crippen LogP contribution in [0.25, 0.3) is 55.6 Å². The molecular weight excluding hydrogens is 712 g/mol. The van der Waals surface area contributed by atoms with Crippen molar-refractivity contribution < 1.29 is 28.9 Å². The van der Waals surface area contributed by atoms with Crippen LogP contribution >= 0.6 is 0 Å². The molecular formula is C38H29FIrN2O-2. The molecule has 0 amide bonds. The van der Waals surface area contributed by atoms with Crippen LogP contribution in [0.3, 0.4) is 0 Å². The molecule has 215 valence electrons. The van der Waals surface area contributed by atoms with Crippen molar-refractivity contribution in [3.63, 3.8) is 0 Å². The molecule has 3 heterocycles. The molecule has 0 aliphatic rings. The van der Waals surface area contributed by atoms with E-state index in [0.29, 0.717) is 16.7 Å². The first-order valence-corrected chi connectivity index (χ1v) is 13.9. The van der Waals surface area contributed by atoms with Crippen LogP contribution in [-0.4, -0.2) is 9.97 Å². The second-order valence-corrected chi connectivity index (χ2v) is 11.0. The molecule has 1 radical (unpaired) electrons. The molecule has 0 saturated heterocycles. The predicted molar refractivity (Wildman–Crippen MR) is 168 cm³/mol. The van der Waals surface area contributed by atoms with Crippen molar-refractivity contribution in [1.82, 2.24) is 9.97 Å². The summed E-state index contributed by atoms with van der Waals surface area (Å²) in [5.74, 6) is -0.300. The minimum atomic E-state index is -0.300. The summed E-state index contributed by atoms with van der Waals surface area (Å²) in [4.78, 5) is 8.89. The number of furan rings is 1. The summed E-state index contributed by atoms with van der Waals surface area (Å²) in [7, 11) is 0. The standard InChI is InChI=1S/C23H13FNO.C15H16N.Ir/c24-19-13-12-17-16-9-6-10-18(20-11-4-5-14-25-20)22(16)26-23(17)21(19)15-7-2-1-3-8-15;1-15(2,3)13-9-10-14(16-11-13)12-7-5-4-6-8-12;/h1-9,11-14H;4-7,9-11H,1-3H3;/q2*-1;. The summed E-state index contributed by atoms with van der Waals surface area (Å²) in [6, 6.07) is 40.7. The first-order chi connectivity index (χ1) is 20.4. The van der Waals surface area contributed by atoms with Crippen molar-refractivity contribution >= 4 is 21.9 Å². The average Bonchev–Trinajstić information content (AvgIpc) is 3.41. The van der Waals surface area contributed by atoms with Crippen LogP contribution in [0.4, 0.5) is 4.39 Å². The van der Waals surface area contributed by atoms with Crippen molar-refractivity contribution in [2.45, 2.75) is 26.2 Å². The van der Waals surface area contributed by atoms with E-state index in [4.69, 9.17) is 4.42 Å². The number of hydrogen-bond acceptors (Lipinski definition) is 3. The first kappa shape index (κ1) is 30.0. The fraction of sp³-hybridized carbons (Fsp3) is 0.105. The van der Waals surface area contributed by atoms with E-state index >= 15 is 0 Å². The zero-order valence-electron chi connectivity index (χ0n) is 24.1. The first-order valence-electron chi connectivity index (χ1n) is 13.9. The predicted octanol–water partition coefficient (Wildman–Crippen LogP) is 10.1. The van der Waals surface area contributed by atoms with Crippen LogP contribution in [0.15, 0.2) is 126 Å². The zero-order valence-corrected chi connectivity index (χ0v) is 26.5. The molecule has 7 rings (SSSR count). The Hall–Kier alpha value is -4.44. The van der Waals surface area contributed by atoms with Gasteiger partial charge in [-0.2, -0.15) is 0 Å². The maximum Gasteiger partial charge on any atom is 0.134 e. The third-order valence-corrected chi connectivity index (χ3v) is 7.15. The topological polar surface area (TPSA) is 38.9 Å². The van der Waals surface area contributed by atoms with Gasteiger partial charge in [-0.3, -0.25) is 0 Å². The average molecular weight is 741 g/mol. The van der Waals surface area contributed by atoms with Gasteiger partial charge in [0.25, 0.3) is 0 Å². The van der Waals surface area contributed by atoms with Crippen LogP contribution < -0.4 is 0 Å². The van der Waals surface area contributed by atoms with E-state index < -0.39 is 0 Å². The van der Waals surface area contributed by atoms with Gasteiger partial charge in [-0.05, 0) is 46.1 Å². The van der Waals surface area contributed by atoms with Gasteiger partial charge in [0.15, 0.2) is 0 Å². The summed E-state index contributed by atoms with van der Waals surface area (Å²) in [6.45, 7) is 6.58. The van der Waals surface area contributed by atoms with E-state index in [2.05, 4.69) is 55.0 Å². The Labute approximate surface area is 264 Å². The van der Waals surface area contributed by atoms with Crippen LogP contribution in [0, 0.1) is 17.9 Å². The summed E-state index contributed by atoms with van der Waals surface area (Å²) >= 11 is 0. The number of nitrogens with zero attached hydrogens (tertiary/aromatic N) is 2. The Kier molecular flexibility index (Phi) is 8.96. The van der Waals surface area contributed by atoms with Crippen molar-refractivity contribution in [1.29, 1.82) is 0 Å². The fourth-order valence-electron chi connectivity index (χ4n) is 4.91. The van der Waals surface area contributed by atoms with Gasteiger partial charge in [0.2, 0.25) is 0 Å². The number of hydrogen-bond donors (Lipinski definition) is 0. The van der Waals surface area contributed by atoms with Crippen LogP contribution in [-0.2, 0) is 25.5 Å². The molecule has 0 saturated carbocycles. The SMILES string of the molecule is CC(C)(C)c1ccc(-c2[c-]cccc2)nc1.Fc1ccc2c(oc3c(-c4ccccn4)[c-]ccc32)c1-c1ccccc1.[Ir]. The van der Waals surface area contributed by atoms with Crippen molar-refractivity contribution in [2.75, 3.05) is 0 Å². The van der Waals surface area contributed by atoms with E-state index in [9.17, 15) is 4.39 Å². The number of pyridine rings is 2. The van der Waals surface area contributed by atoms with Gasteiger partial charge in [-0.25, -0.2) is 4.39 Å². The minimum Gasteiger partial charge on any atom is -0.500 e. The third kappa shape index (κ3) is 6.34. The van der Waals surface area contributed by atoms with Crippen molar-refractivity contribution in [3.05, 3.63) is 145 Å². The van der Waals surface area contributed by atoms with Gasteiger partial charge in [0, 0.05) is 37.9 Å². The Balaban J connectivity index is 0.000000188. The van der Waals surface area contributed by atoms with E-state index in [1.54, 1.807) is 12.3 Å². The maximum atomic E-state index is 14.7. The van der Waals surface area contributed by atoms with Gasteiger partial charge < -0.3 is 14.4 Å². The largest absolute Gasteiger partial charge is 0.500 e. The second kappa shape index (κ2) is 12.8. The van der Waals surface area contributed by atoms with E-state index in [1.165, 1.54) is 11.6 Å². The van der Waals surface area contributed by atoms with Crippen molar-refractivity contribution in [3.8, 4) is 33.6 Å².